The highest BCUT2D eigenvalue weighted by Crippen LogP contribution is 2.30. The Morgan fingerprint density at radius 3 is 2.69 bits per heavy atom. The van der Waals surface area contributed by atoms with Crippen molar-refractivity contribution in [3.63, 3.8) is 0 Å². The van der Waals surface area contributed by atoms with Crippen molar-refractivity contribution in [1.82, 2.24) is 19.9 Å². The maximum absolute atomic E-state index is 14.8. The van der Waals surface area contributed by atoms with Crippen LogP contribution in [0.5, 0.6) is 0 Å². The maximum atomic E-state index is 14.8. The lowest BCUT2D eigenvalue weighted by atomic mass is 10.0. The normalized spacial score (nSPS) is 19.9. The van der Waals surface area contributed by atoms with Crippen LogP contribution in [0.25, 0.3) is 22.4 Å². The third-order valence-corrected chi connectivity index (χ3v) is 6.36. The molecule has 11 heteroatoms. The van der Waals surface area contributed by atoms with E-state index in [0.29, 0.717) is 47.3 Å². The number of fused-ring (bicyclic) bond motifs is 1. The molecule has 0 radical (unpaired) electrons. The zero-order valence-electron chi connectivity index (χ0n) is 20.0. The second-order valence-corrected chi connectivity index (χ2v) is 9.04. The summed E-state index contributed by atoms with van der Waals surface area (Å²) in [5.41, 5.74) is 8.48. The van der Waals surface area contributed by atoms with E-state index in [1.165, 1.54) is 18.3 Å². The molecule has 0 bridgehead atoms. The molecule has 188 valence electrons. The molecule has 1 saturated heterocycles. The molecule has 2 fully saturated rings. The summed E-state index contributed by atoms with van der Waals surface area (Å²) in [5.74, 6) is -1.17. The van der Waals surface area contributed by atoms with E-state index in [4.69, 9.17) is 10.5 Å². The van der Waals surface area contributed by atoms with Crippen LogP contribution >= 0.6 is 0 Å². The van der Waals surface area contributed by atoms with Crippen LogP contribution in [-0.4, -0.2) is 69.2 Å². The van der Waals surface area contributed by atoms with Crippen LogP contribution in [0.1, 0.15) is 24.2 Å². The topological polar surface area (TPSA) is 123 Å². The minimum Gasteiger partial charge on any atom is -0.404 e. The van der Waals surface area contributed by atoms with Crippen LogP contribution in [-0.2, 0) is 4.74 Å². The minimum absolute atomic E-state index is 0.0945. The summed E-state index contributed by atoms with van der Waals surface area (Å²) in [6, 6.07) is 3.60. The second kappa shape index (κ2) is 9.82. The third kappa shape index (κ3) is 4.89. The van der Waals surface area contributed by atoms with E-state index in [9.17, 15) is 13.9 Å². The summed E-state index contributed by atoms with van der Waals surface area (Å²) < 4.78 is 34.2. The number of rotatable bonds is 6. The monoisotopic (exact) mass is 495 g/mol. The molecule has 36 heavy (non-hydrogen) atoms. The number of aliphatic hydroxyl groups is 1. The minimum atomic E-state index is -1.00. The number of hydrogen-bond donors (Lipinski definition) is 2. The molecule has 0 spiro atoms. The van der Waals surface area contributed by atoms with Gasteiger partial charge >= 0.3 is 0 Å². The van der Waals surface area contributed by atoms with Gasteiger partial charge in [-0.15, -0.1) is 0 Å². The lowest BCUT2D eigenvalue weighted by Crippen LogP contribution is -2.49. The summed E-state index contributed by atoms with van der Waals surface area (Å²) >= 11 is 0. The molecule has 3 N–H and O–H groups in total. The van der Waals surface area contributed by atoms with Crippen molar-refractivity contribution < 1.29 is 18.6 Å². The Hall–Kier alpha value is -3.57. The molecular weight excluding hydrogens is 468 g/mol. The highest BCUT2D eigenvalue weighted by Gasteiger charge is 2.31. The van der Waals surface area contributed by atoms with Crippen LogP contribution in [0.2, 0.25) is 0 Å². The molecule has 1 aliphatic carbocycles. The number of benzene rings is 1. The van der Waals surface area contributed by atoms with Gasteiger partial charge in [-0.25, -0.2) is 23.7 Å². The predicted octanol–water partition coefficient (Wildman–Crippen LogP) is 2.62. The van der Waals surface area contributed by atoms with Gasteiger partial charge in [0.2, 0.25) is 5.95 Å². The molecule has 5 rings (SSSR count). The zero-order valence-corrected chi connectivity index (χ0v) is 20.0. The highest BCUT2D eigenvalue weighted by atomic mass is 19.1. The summed E-state index contributed by atoms with van der Waals surface area (Å²) in [5, 5.41) is 10.9. The molecule has 1 aliphatic heterocycles. The standard InChI is InChI=1S/C25H27F2N7O2/c1-13-14(2)31-24-22(30-13)21(18-6-3-16(26)9-19(18)27)32-25(33-24)34-7-8-36-20(12-34)23(35)15(10-28)11-29-17-4-5-17/h3,6,9-11,17,20,23,35H,4-5,7-8,12,28H2,1-2H3/b15-10+,29-11?. The van der Waals surface area contributed by atoms with Crippen molar-refractivity contribution in [1.29, 1.82) is 0 Å². The number of morpholine rings is 1. The Bertz CT molecular complexity index is 1360. The predicted molar refractivity (Wildman–Crippen MR) is 132 cm³/mol. The van der Waals surface area contributed by atoms with Gasteiger partial charge in [0.05, 0.1) is 30.6 Å². The van der Waals surface area contributed by atoms with E-state index >= 15 is 0 Å². The molecule has 2 atom stereocenters. The number of aliphatic hydroxyl groups excluding tert-OH is 1. The van der Waals surface area contributed by atoms with Gasteiger partial charge < -0.3 is 20.5 Å². The van der Waals surface area contributed by atoms with Gasteiger partial charge in [-0.3, -0.25) is 4.99 Å². The maximum Gasteiger partial charge on any atom is 0.228 e. The van der Waals surface area contributed by atoms with Gasteiger partial charge in [0.25, 0.3) is 0 Å². The van der Waals surface area contributed by atoms with Gasteiger partial charge in [-0.1, -0.05) is 0 Å². The molecular formula is C25H27F2N7O2. The SMILES string of the molecule is Cc1nc2nc(N3CCOC(C(O)/C(C=NC4CC4)=C/N)C3)nc(-c3ccc(F)cc3F)c2nc1C. The molecule has 3 heterocycles. The number of hydrogen-bond acceptors (Lipinski definition) is 9. The summed E-state index contributed by atoms with van der Waals surface area (Å²) in [6.45, 7) is 4.61. The average molecular weight is 496 g/mol. The van der Waals surface area contributed by atoms with Gasteiger partial charge in [-0.2, -0.15) is 4.98 Å². The van der Waals surface area contributed by atoms with E-state index < -0.39 is 23.8 Å². The smallest absolute Gasteiger partial charge is 0.228 e. The van der Waals surface area contributed by atoms with Gasteiger partial charge in [-0.05, 0) is 38.8 Å². The molecule has 1 aromatic carbocycles. The van der Waals surface area contributed by atoms with Crippen LogP contribution < -0.4 is 10.6 Å². The van der Waals surface area contributed by atoms with Crippen LogP contribution in [0.15, 0.2) is 35.0 Å². The fourth-order valence-corrected chi connectivity index (χ4v) is 4.01. The average Bonchev–Trinajstić information content (AvgIpc) is 3.69. The lowest BCUT2D eigenvalue weighted by Gasteiger charge is -2.35. The van der Waals surface area contributed by atoms with E-state index in [1.807, 2.05) is 11.8 Å². The van der Waals surface area contributed by atoms with Crippen LogP contribution in [0.4, 0.5) is 14.7 Å². The van der Waals surface area contributed by atoms with Crippen molar-refractivity contribution in [3.05, 3.63) is 53.0 Å². The van der Waals surface area contributed by atoms with Gasteiger partial charge in [0.15, 0.2) is 5.65 Å². The third-order valence-electron chi connectivity index (χ3n) is 6.36. The largest absolute Gasteiger partial charge is 0.404 e. The van der Waals surface area contributed by atoms with Crippen molar-refractivity contribution >= 4 is 23.3 Å². The molecule has 2 aliphatic rings. The highest BCUT2D eigenvalue weighted by molar-refractivity contribution is 5.88. The van der Waals surface area contributed by atoms with E-state index in [0.717, 1.165) is 18.9 Å². The second-order valence-electron chi connectivity index (χ2n) is 9.04. The fraction of sp³-hybridized carbons (Fsp3) is 0.400. The Balaban J connectivity index is 1.51. The number of ether oxygens (including phenoxy) is 1. The number of aromatic nitrogens is 4. The number of halogens is 2. The van der Waals surface area contributed by atoms with Crippen molar-refractivity contribution in [3.8, 4) is 11.3 Å². The Morgan fingerprint density at radius 2 is 1.97 bits per heavy atom. The Kier molecular flexibility index (Phi) is 6.59. The van der Waals surface area contributed by atoms with Gasteiger partial charge in [0, 0.05) is 36.2 Å². The first-order valence-corrected chi connectivity index (χ1v) is 11.8. The van der Waals surface area contributed by atoms with E-state index in [-0.39, 0.29) is 23.8 Å². The van der Waals surface area contributed by atoms with Crippen molar-refractivity contribution in [2.45, 2.75) is 44.9 Å². The first kappa shape index (κ1) is 24.1. The first-order valence-electron chi connectivity index (χ1n) is 11.8. The van der Waals surface area contributed by atoms with Crippen molar-refractivity contribution in [2.24, 2.45) is 10.7 Å². The molecule has 3 aromatic rings. The molecule has 0 amide bonds. The van der Waals surface area contributed by atoms with E-state index in [1.54, 1.807) is 13.1 Å². The number of aryl methyl sites for hydroxylation is 2. The summed E-state index contributed by atoms with van der Waals surface area (Å²) in [4.78, 5) is 24.6. The van der Waals surface area contributed by atoms with E-state index in [2.05, 4.69) is 24.9 Å². The van der Waals surface area contributed by atoms with Crippen LogP contribution in [0.3, 0.4) is 0 Å². The molecule has 2 unspecified atom stereocenters. The summed E-state index contributed by atoms with van der Waals surface area (Å²) in [6.07, 6.45) is 3.40. The number of nitrogens with zero attached hydrogens (tertiary/aromatic N) is 6. The zero-order chi connectivity index (χ0) is 25.4. The van der Waals surface area contributed by atoms with Gasteiger partial charge in [0.1, 0.15) is 35.1 Å². The molecule has 2 aromatic heterocycles. The fourth-order valence-electron chi connectivity index (χ4n) is 4.01. The lowest BCUT2D eigenvalue weighted by molar-refractivity contribution is -0.0277. The molecule has 9 nitrogen and oxygen atoms in total. The summed E-state index contributed by atoms with van der Waals surface area (Å²) in [7, 11) is 0. The molecule has 1 saturated carbocycles. The van der Waals surface area contributed by atoms with Crippen LogP contribution in [0, 0.1) is 25.5 Å². The number of anilines is 1. The number of aliphatic imine (C=N–C) groups is 1. The van der Waals surface area contributed by atoms with Crippen molar-refractivity contribution in [2.75, 3.05) is 24.6 Å². The first-order chi connectivity index (χ1) is 17.3. The Labute approximate surface area is 206 Å². The Morgan fingerprint density at radius 1 is 1.19 bits per heavy atom. The number of nitrogens with two attached hydrogens (primary N) is 1. The quantitative estimate of drug-likeness (QED) is 0.501.